The Labute approximate surface area is 392 Å². The van der Waals surface area contributed by atoms with E-state index in [1.807, 2.05) is 0 Å². The third-order valence-corrected chi connectivity index (χ3v) is 10.0. The van der Waals surface area contributed by atoms with Gasteiger partial charge < -0.3 is 8.83 Å². The maximum absolute atomic E-state index is 10.1. The highest BCUT2D eigenvalue weighted by atomic mass is 16.3. The number of hydrogen-bond donors (Lipinski definition) is 0. The summed E-state index contributed by atoms with van der Waals surface area (Å²) >= 11 is 0. The van der Waals surface area contributed by atoms with Gasteiger partial charge in [-0.1, -0.05) is 163 Å². The van der Waals surface area contributed by atoms with E-state index in [1.54, 1.807) is 0 Å². The van der Waals surface area contributed by atoms with E-state index in [0.717, 1.165) is 0 Å². The molecule has 0 aliphatic heterocycles. The Morgan fingerprint density at radius 1 is 0.267 bits per heavy atom. The lowest BCUT2D eigenvalue weighted by atomic mass is 9.85. The first-order valence-electron chi connectivity index (χ1n) is 34.8. The van der Waals surface area contributed by atoms with E-state index in [0.29, 0.717) is 0 Å². The molecule has 2 heteroatoms. The summed E-state index contributed by atoms with van der Waals surface area (Å²) in [4.78, 5) is 0. The lowest BCUT2D eigenvalue weighted by Gasteiger charge is -2.18. The molecule has 0 unspecified atom stereocenters. The average molecular weight is 797 g/mol. The molecule has 60 heavy (non-hydrogen) atoms. The maximum atomic E-state index is 10.1. The van der Waals surface area contributed by atoms with Crippen LogP contribution in [0.1, 0.15) is 46.6 Å². The van der Waals surface area contributed by atoms with Crippen LogP contribution in [0.25, 0.3) is 131 Å². The van der Waals surface area contributed by atoms with Crippen molar-refractivity contribution < 1.29 is 55.4 Å². The van der Waals surface area contributed by atoms with Gasteiger partial charge in [-0.3, -0.25) is 0 Å². The van der Waals surface area contributed by atoms with E-state index in [1.165, 1.54) is 0 Å². The standard InChI is InChI=1S/C58H34O2/c1-2-11-38-32-39(25-22-35(38)10-1)36-20-23-37(24-21-36)55-45-13-3-5-15-47(45)56(48-16-6-4-14-46(48)55)42-27-28-44-40(33-42)12-9-18-43(44)41-26-29-50-54(34-41)60-53-31-30-52-57(58(50)53)49-17-7-8-19-51(49)59-52/h1-34H/i1D,2D,3D,4D,5D,6D,7D,8D,9D,10D,11D,12D,13D,14D,15D,16D,17D,18D,19D,20D,21D,22D,23D,24D,25D,26D,27D,28D,29D,30D,31D,32D,33D,34D. The number of hydrogen-bond acceptors (Lipinski definition) is 2. The van der Waals surface area contributed by atoms with Crippen molar-refractivity contribution in [2.45, 2.75) is 0 Å². The van der Waals surface area contributed by atoms with Gasteiger partial charge in [0.2, 0.25) is 0 Å². The van der Waals surface area contributed by atoms with Crippen molar-refractivity contribution in [2.75, 3.05) is 0 Å². The Bertz CT molecular complexity index is 5800. The summed E-state index contributed by atoms with van der Waals surface area (Å²) in [5.74, 6) is 0. The van der Waals surface area contributed by atoms with Crippen LogP contribution in [-0.4, -0.2) is 0 Å². The Balaban J connectivity index is 1.16. The molecule has 0 bridgehead atoms. The Morgan fingerprint density at radius 3 is 1.50 bits per heavy atom. The van der Waals surface area contributed by atoms with Crippen molar-refractivity contribution >= 4 is 87.0 Å². The molecular formula is C58H34O2. The fourth-order valence-corrected chi connectivity index (χ4v) is 7.43. The van der Waals surface area contributed by atoms with Crippen molar-refractivity contribution in [2.24, 2.45) is 0 Å². The summed E-state index contributed by atoms with van der Waals surface area (Å²) in [5.41, 5.74) is -8.94. The zero-order valence-electron chi connectivity index (χ0n) is 63.8. The Kier molecular flexibility index (Phi) is 3.01. The smallest absolute Gasteiger partial charge is 0.136 e. The van der Waals surface area contributed by atoms with E-state index >= 15 is 0 Å². The predicted octanol–water partition coefficient (Wildman–Crippen LogP) is 16.8. The van der Waals surface area contributed by atoms with Gasteiger partial charge in [-0.15, -0.1) is 0 Å². The average Bonchev–Trinajstić information content (AvgIpc) is 0.822. The largest absolute Gasteiger partial charge is 0.456 e. The molecule has 2 nitrogen and oxygen atoms in total. The molecule has 0 aliphatic carbocycles. The molecule has 13 rings (SSSR count). The molecule has 0 saturated carbocycles. The predicted molar refractivity (Wildman–Crippen MR) is 253 cm³/mol. The number of fused-ring (bicyclic) bond motifs is 11. The van der Waals surface area contributed by atoms with Gasteiger partial charge >= 0.3 is 0 Å². The molecule has 0 saturated heterocycles. The van der Waals surface area contributed by atoms with E-state index in [-0.39, 0.29) is 16.2 Å². The minimum Gasteiger partial charge on any atom is -0.456 e. The van der Waals surface area contributed by atoms with Crippen LogP contribution in [0.5, 0.6) is 0 Å². The number of furan rings is 2. The zero-order chi connectivity index (χ0) is 68.9. The van der Waals surface area contributed by atoms with Crippen molar-refractivity contribution in [3.05, 3.63) is 205 Å². The highest BCUT2D eigenvalue weighted by Crippen LogP contribution is 2.46. The van der Waals surface area contributed by atoms with Crippen LogP contribution in [0.3, 0.4) is 0 Å². The van der Waals surface area contributed by atoms with Crippen LogP contribution >= 0.6 is 0 Å². The van der Waals surface area contributed by atoms with Crippen LogP contribution in [-0.2, 0) is 0 Å². The molecule has 0 fully saturated rings. The highest BCUT2D eigenvalue weighted by Gasteiger charge is 2.19. The van der Waals surface area contributed by atoms with E-state index in [4.69, 9.17) is 30.8 Å². The van der Waals surface area contributed by atoms with Gasteiger partial charge in [-0.05, 0) is 130 Å². The van der Waals surface area contributed by atoms with Gasteiger partial charge in [0.25, 0.3) is 0 Å². The second-order valence-corrected chi connectivity index (χ2v) is 13.3. The molecule has 2 heterocycles. The molecule has 2 aromatic heterocycles. The number of rotatable bonds is 4. The van der Waals surface area contributed by atoms with Crippen LogP contribution in [0.2, 0.25) is 0 Å². The minimum atomic E-state index is -1.17. The van der Waals surface area contributed by atoms with Crippen LogP contribution < -0.4 is 0 Å². The van der Waals surface area contributed by atoms with Gasteiger partial charge in [0.15, 0.2) is 0 Å². The van der Waals surface area contributed by atoms with Crippen molar-refractivity contribution in [1.29, 1.82) is 0 Å². The van der Waals surface area contributed by atoms with Gasteiger partial charge in [0.05, 0.1) is 46.6 Å². The zero-order valence-corrected chi connectivity index (χ0v) is 29.8. The molecule has 0 atom stereocenters. The van der Waals surface area contributed by atoms with Crippen LogP contribution in [0, 0.1) is 0 Å². The first kappa shape index (κ1) is 14.1. The van der Waals surface area contributed by atoms with Crippen molar-refractivity contribution in [3.63, 3.8) is 0 Å². The van der Waals surface area contributed by atoms with Gasteiger partial charge in [0, 0.05) is 21.5 Å². The van der Waals surface area contributed by atoms with E-state index in [9.17, 15) is 24.7 Å². The van der Waals surface area contributed by atoms with Gasteiger partial charge in [-0.2, -0.15) is 0 Å². The summed E-state index contributed by atoms with van der Waals surface area (Å²) in [5, 5.41) is -7.53. The van der Waals surface area contributed by atoms with Crippen molar-refractivity contribution in [1.82, 2.24) is 0 Å². The topological polar surface area (TPSA) is 26.3 Å². The number of benzene rings is 11. The molecule has 0 aliphatic rings. The Hall–Kier alpha value is -7.94. The van der Waals surface area contributed by atoms with Crippen LogP contribution in [0.15, 0.2) is 214 Å². The molecule has 0 N–H and O–H groups in total. The molecule has 278 valence electrons. The summed E-state index contributed by atoms with van der Waals surface area (Å²) in [7, 11) is 0. The molecule has 13 aromatic rings. The first-order valence-corrected chi connectivity index (χ1v) is 17.8. The SMILES string of the molecule is [2H]c1c([2H])c(-c2c3c([2H])c([2H])c([2H])c([2H])c3c(-c3c([2H])c([2H])c4c(-c5c([2H])c([2H])c6c(oc7c([2H])c([2H])c8oc9c([2H])c([2H])c([2H])c([2H])c9c8c76)c5[2H])c([2H])c([2H])c([2H])c4c3[2H])c3c([2H])c([2H])c([2H])c([2H])c23)c([2H])c([2H])c1-c1c([2H])c([2H])c2c([2H])c([2H])c([2H])c([2H])c2c1[2H]. The lowest BCUT2D eigenvalue weighted by Crippen LogP contribution is -1.91. The summed E-state index contributed by atoms with van der Waals surface area (Å²) in [6, 6.07) is -32.8. The summed E-state index contributed by atoms with van der Waals surface area (Å²) < 4.78 is 323. The Morgan fingerprint density at radius 2 is 0.767 bits per heavy atom. The lowest BCUT2D eigenvalue weighted by molar-refractivity contribution is 0.663. The normalized spacial score (nSPS) is 19.9. The maximum Gasteiger partial charge on any atom is 0.136 e. The fourth-order valence-electron chi connectivity index (χ4n) is 7.43. The molecule has 0 spiro atoms. The minimum absolute atomic E-state index is 0.255. The first-order chi connectivity index (χ1) is 43.9. The third-order valence-electron chi connectivity index (χ3n) is 10.0. The second kappa shape index (κ2) is 12.8. The molecular weight excluding hydrogens is 729 g/mol. The van der Waals surface area contributed by atoms with E-state index in [2.05, 4.69) is 0 Å². The van der Waals surface area contributed by atoms with Gasteiger partial charge in [0.1, 0.15) is 22.3 Å². The summed E-state index contributed by atoms with van der Waals surface area (Å²) in [6.07, 6.45) is 0. The van der Waals surface area contributed by atoms with Crippen LogP contribution in [0.4, 0.5) is 0 Å². The molecule has 0 amide bonds. The monoisotopic (exact) mass is 796 g/mol. The summed E-state index contributed by atoms with van der Waals surface area (Å²) in [6.45, 7) is 0. The van der Waals surface area contributed by atoms with Gasteiger partial charge in [-0.25, -0.2) is 0 Å². The fraction of sp³-hybridized carbons (Fsp3) is 0. The second-order valence-electron chi connectivity index (χ2n) is 13.3. The molecule has 0 radical (unpaired) electrons. The van der Waals surface area contributed by atoms with Crippen molar-refractivity contribution in [3.8, 4) is 44.5 Å². The highest BCUT2D eigenvalue weighted by molar-refractivity contribution is 6.26. The quantitative estimate of drug-likeness (QED) is 0.166. The molecule has 11 aromatic carbocycles. The third kappa shape index (κ3) is 4.95. The number of para-hydroxylation sites is 1. The van der Waals surface area contributed by atoms with E-state index < -0.39 is 321 Å².